The lowest BCUT2D eigenvalue weighted by Gasteiger charge is -2.28. The number of aromatic nitrogens is 2. The molecule has 1 fully saturated rings. The predicted octanol–water partition coefficient (Wildman–Crippen LogP) is 1.69. The second kappa shape index (κ2) is 8.22. The molecule has 2 aromatic rings. The van der Waals surface area contributed by atoms with Crippen molar-refractivity contribution in [3.8, 4) is 0 Å². The zero-order chi connectivity index (χ0) is 17.6. The van der Waals surface area contributed by atoms with E-state index in [0.29, 0.717) is 37.6 Å². The molecule has 0 unspecified atom stereocenters. The number of pyridine rings is 1. The van der Waals surface area contributed by atoms with Crippen molar-refractivity contribution in [1.29, 1.82) is 0 Å². The van der Waals surface area contributed by atoms with E-state index in [1.54, 1.807) is 23.4 Å². The fraction of sp³-hybridized carbons (Fsp3) is 0.500. The highest BCUT2D eigenvalue weighted by Crippen LogP contribution is 2.16. The van der Waals surface area contributed by atoms with Gasteiger partial charge in [0.05, 0.1) is 12.6 Å². The third-order valence-corrected chi connectivity index (χ3v) is 4.43. The molecule has 0 saturated carbocycles. The first-order valence-electron chi connectivity index (χ1n) is 8.70. The van der Waals surface area contributed by atoms with E-state index in [9.17, 15) is 9.90 Å². The SMILES string of the molecule is CCN(Cc1ccncc1)C(=O)c1cc(CN2CCC[C@@H](O)C2)on1. The number of piperidine rings is 1. The summed E-state index contributed by atoms with van der Waals surface area (Å²) in [5.74, 6) is 0.505. The Labute approximate surface area is 147 Å². The van der Waals surface area contributed by atoms with Gasteiger partial charge in [-0.1, -0.05) is 5.16 Å². The average molecular weight is 344 g/mol. The van der Waals surface area contributed by atoms with E-state index in [1.165, 1.54) is 0 Å². The Kier molecular flexibility index (Phi) is 5.78. The molecular weight excluding hydrogens is 320 g/mol. The third-order valence-electron chi connectivity index (χ3n) is 4.43. The van der Waals surface area contributed by atoms with E-state index in [-0.39, 0.29) is 12.0 Å². The first kappa shape index (κ1) is 17.6. The molecule has 1 amide bonds. The van der Waals surface area contributed by atoms with Crippen LogP contribution in [0.4, 0.5) is 0 Å². The molecular formula is C18H24N4O3. The summed E-state index contributed by atoms with van der Waals surface area (Å²) in [7, 11) is 0. The largest absolute Gasteiger partial charge is 0.392 e. The molecule has 2 aromatic heterocycles. The minimum Gasteiger partial charge on any atom is -0.392 e. The molecule has 1 N–H and O–H groups in total. The van der Waals surface area contributed by atoms with E-state index in [0.717, 1.165) is 24.9 Å². The monoisotopic (exact) mass is 344 g/mol. The van der Waals surface area contributed by atoms with Crippen molar-refractivity contribution in [1.82, 2.24) is 19.9 Å². The van der Waals surface area contributed by atoms with E-state index in [4.69, 9.17) is 4.52 Å². The van der Waals surface area contributed by atoms with Crippen LogP contribution in [0.2, 0.25) is 0 Å². The molecule has 0 aromatic carbocycles. The van der Waals surface area contributed by atoms with Gasteiger partial charge in [0.2, 0.25) is 0 Å². The molecule has 3 rings (SSSR count). The van der Waals surface area contributed by atoms with Crippen LogP contribution in [0.5, 0.6) is 0 Å². The van der Waals surface area contributed by atoms with Gasteiger partial charge in [-0.15, -0.1) is 0 Å². The van der Waals surface area contributed by atoms with Crippen molar-refractivity contribution in [2.75, 3.05) is 19.6 Å². The van der Waals surface area contributed by atoms with Gasteiger partial charge in [0.25, 0.3) is 5.91 Å². The van der Waals surface area contributed by atoms with Gasteiger partial charge < -0.3 is 14.5 Å². The minimum atomic E-state index is -0.284. The number of amides is 1. The maximum absolute atomic E-state index is 12.7. The van der Waals surface area contributed by atoms with Crippen LogP contribution in [0.15, 0.2) is 35.1 Å². The summed E-state index contributed by atoms with van der Waals surface area (Å²) >= 11 is 0. The lowest BCUT2D eigenvalue weighted by molar-refractivity contribution is 0.0622. The predicted molar refractivity (Wildman–Crippen MR) is 91.7 cm³/mol. The molecule has 0 aliphatic carbocycles. The van der Waals surface area contributed by atoms with Crippen LogP contribution in [0.3, 0.4) is 0 Å². The van der Waals surface area contributed by atoms with Crippen molar-refractivity contribution >= 4 is 5.91 Å². The number of aliphatic hydroxyl groups excluding tert-OH is 1. The van der Waals surface area contributed by atoms with Gasteiger partial charge in [0.1, 0.15) is 0 Å². The van der Waals surface area contributed by atoms with Crippen LogP contribution >= 0.6 is 0 Å². The fourth-order valence-electron chi connectivity index (χ4n) is 3.08. The highest BCUT2D eigenvalue weighted by molar-refractivity contribution is 5.92. The molecule has 1 aliphatic heterocycles. The maximum atomic E-state index is 12.7. The number of aliphatic hydroxyl groups is 1. The van der Waals surface area contributed by atoms with Gasteiger partial charge in [-0.05, 0) is 44.0 Å². The summed E-state index contributed by atoms with van der Waals surface area (Å²) < 4.78 is 5.34. The normalized spacial score (nSPS) is 18.2. The van der Waals surface area contributed by atoms with Gasteiger partial charge >= 0.3 is 0 Å². The number of rotatable bonds is 6. The van der Waals surface area contributed by atoms with E-state index >= 15 is 0 Å². The quantitative estimate of drug-likeness (QED) is 0.859. The molecule has 134 valence electrons. The summed E-state index contributed by atoms with van der Waals surface area (Å²) in [5, 5.41) is 13.7. The highest BCUT2D eigenvalue weighted by Gasteiger charge is 2.22. The topological polar surface area (TPSA) is 82.7 Å². The van der Waals surface area contributed by atoms with Crippen LogP contribution in [0.1, 0.15) is 41.6 Å². The summed E-state index contributed by atoms with van der Waals surface area (Å²) in [4.78, 5) is 20.5. The van der Waals surface area contributed by atoms with Crippen LogP contribution in [0, 0.1) is 0 Å². The van der Waals surface area contributed by atoms with Gasteiger partial charge in [0.15, 0.2) is 11.5 Å². The molecule has 3 heterocycles. The van der Waals surface area contributed by atoms with Gasteiger partial charge in [-0.25, -0.2) is 0 Å². The van der Waals surface area contributed by atoms with Crippen LogP contribution in [-0.2, 0) is 13.1 Å². The molecule has 7 heteroatoms. The smallest absolute Gasteiger partial charge is 0.276 e. The standard InChI is InChI=1S/C18H24N4O3/c1-2-22(11-14-5-7-19-8-6-14)18(24)17-10-16(25-20-17)13-21-9-3-4-15(23)12-21/h5-8,10,15,23H,2-4,9,11-13H2,1H3/t15-/m1/s1. The number of carbonyl (C=O) groups excluding carboxylic acids is 1. The summed E-state index contributed by atoms with van der Waals surface area (Å²) in [6.45, 7) is 5.15. The average Bonchev–Trinajstić information content (AvgIpc) is 3.08. The van der Waals surface area contributed by atoms with Crippen molar-refractivity contribution in [2.45, 2.75) is 39.0 Å². The summed E-state index contributed by atoms with van der Waals surface area (Å²) in [6.07, 6.45) is 4.96. The maximum Gasteiger partial charge on any atom is 0.276 e. The van der Waals surface area contributed by atoms with Crippen molar-refractivity contribution in [3.63, 3.8) is 0 Å². The van der Waals surface area contributed by atoms with E-state index in [1.807, 2.05) is 19.1 Å². The number of hydrogen-bond donors (Lipinski definition) is 1. The van der Waals surface area contributed by atoms with Crippen LogP contribution < -0.4 is 0 Å². The molecule has 25 heavy (non-hydrogen) atoms. The number of β-amino-alcohol motifs (C(OH)–C–C–N with tert-alkyl or cyclic N) is 1. The minimum absolute atomic E-state index is 0.145. The summed E-state index contributed by atoms with van der Waals surface area (Å²) in [5.41, 5.74) is 1.35. The highest BCUT2D eigenvalue weighted by atomic mass is 16.5. The number of nitrogens with zero attached hydrogens (tertiary/aromatic N) is 4. The molecule has 0 radical (unpaired) electrons. The van der Waals surface area contributed by atoms with Crippen LogP contribution in [-0.4, -0.2) is 56.7 Å². The molecule has 0 bridgehead atoms. The Morgan fingerprint density at radius 1 is 1.44 bits per heavy atom. The molecule has 0 spiro atoms. The summed E-state index contributed by atoms with van der Waals surface area (Å²) in [6, 6.07) is 5.50. The van der Waals surface area contributed by atoms with Crippen molar-refractivity contribution in [3.05, 3.63) is 47.6 Å². The Hall–Kier alpha value is -2.25. The van der Waals surface area contributed by atoms with Crippen LogP contribution in [0.25, 0.3) is 0 Å². The Balaban J connectivity index is 1.62. The molecule has 7 nitrogen and oxygen atoms in total. The molecule has 1 aliphatic rings. The Morgan fingerprint density at radius 2 is 2.24 bits per heavy atom. The third kappa shape index (κ3) is 4.64. The van der Waals surface area contributed by atoms with Gasteiger partial charge in [-0.2, -0.15) is 0 Å². The van der Waals surface area contributed by atoms with E-state index in [2.05, 4.69) is 15.0 Å². The molecule has 1 saturated heterocycles. The second-order valence-corrected chi connectivity index (χ2v) is 6.38. The first-order valence-corrected chi connectivity index (χ1v) is 8.70. The van der Waals surface area contributed by atoms with Gasteiger partial charge in [-0.3, -0.25) is 14.7 Å². The van der Waals surface area contributed by atoms with Crippen molar-refractivity contribution < 1.29 is 14.4 Å². The fourth-order valence-corrected chi connectivity index (χ4v) is 3.08. The second-order valence-electron chi connectivity index (χ2n) is 6.38. The zero-order valence-electron chi connectivity index (χ0n) is 14.5. The van der Waals surface area contributed by atoms with Gasteiger partial charge in [0, 0.05) is 38.1 Å². The zero-order valence-corrected chi connectivity index (χ0v) is 14.5. The van der Waals surface area contributed by atoms with E-state index < -0.39 is 0 Å². The first-order chi connectivity index (χ1) is 12.2. The number of hydrogen-bond acceptors (Lipinski definition) is 6. The number of likely N-dealkylation sites (tertiary alicyclic amines) is 1. The lowest BCUT2D eigenvalue weighted by atomic mass is 10.1. The molecule has 1 atom stereocenters. The Morgan fingerprint density at radius 3 is 2.96 bits per heavy atom. The lowest BCUT2D eigenvalue weighted by Crippen LogP contribution is -2.37. The Bertz CT molecular complexity index is 689. The van der Waals surface area contributed by atoms with Crippen molar-refractivity contribution in [2.24, 2.45) is 0 Å². The number of carbonyl (C=O) groups is 1.